The number of carbonyl (C=O) groups excluding carboxylic acids is 4. The number of carboxylic acid groups (broad SMARTS) is 1. The van der Waals surface area contributed by atoms with E-state index in [2.05, 4.69) is 10.6 Å². The van der Waals surface area contributed by atoms with Crippen LogP contribution in [0.4, 0.5) is 4.79 Å². The highest BCUT2D eigenvalue weighted by Gasteiger charge is 2.40. The number of carboxylic acids is 1. The second-order valence-corrected chi connectivity index (χ2v) is 10.8. The van der Waals surface area contributed by atoms with Gasteiger partial charge < -0.3 is 25.5 Å². The van der Waals surface area contributed by atoms with E-state index in [-0.39, 0.29) is 24.0 Å². The summed E-state index contributed by atoms with van der Waals surface area (Å²) >= 11 is 1.37. The maximum atomic E-state index is 13.6. The highest BCUT2D eigenvalue weighted by atomic mass is 32.2. The van der Waals surface area contributed by atoms with Crippen molar-refractivity contribution in [2.45, 2.75) is 44.9 Å². The second kappa shape index (κ2) is 13.8. The van der Waals surface area contributed by atoms with E-state index in [9.17, 15) is 29.1 Å². The zero-order valence-electron chi connectivity index (χ0n) is 22.2. The molecule has 10 nitrogen and oxygen atoms in total. The predicted molar refractivity (Wildman–Crippen MR) is 148 cm³/mol. The first-order valence-corrected chi connectivity index (χ1v) is 13.8. The van der Waals surface area contributed by atoms with E-state index >= 15 is 0 Å². The average Bonchev–Trinajstić information content (AvgIpc) is 3.41. The number of thioether (sulfide) groups is 1. The molecule has 4 amide bonds. The fourth-order valence-corrected chi connectivity index (χ4v) is 5.38. The van der Waals surface area contributed by atoms with E-state index in [0.29, 0.717) is 12.1 Å². The first-order valence-electron chi connectivity index (χ1n) is 12.6. The Balaban J connectivity index is 1.70. The summed E-state index contributed by atoms with van der Waals surface area (Å²) in [7, 11) is 1.64. The van der Waals surface area contributed by atoms with Gasteiger partial charge >= 0.3 is 12.0 Å². The van der Waals surface area contributed by atoms with Gasteiger partial charge in [0.25, 0.3) is 5.78 Å². The third-order valence-electron chi connectivity index (χ3n) is 6.42. The van der Waals surface area contributed by atoms with Gasteiger partial charge in [0.05, 0.1) is 5.88 Å². The third-order valence-corrected chi connectivity index (χ3v) is 7.43. The zero-order chi connectivity index (χ0) is 28.5. The number of urea groups is 1. The highest BCUT2D eigenvalue weighted by Crippen LogP contribution is 2.24. The molecule has 0 aliphatic carbocycles. The molecule has 2 aromatic carbocycles. The molecule has 1 aliphatic heterocycles. The predicted octanol–water partition coefficient (Wildman–Crippen LogP) is 2.14. The molecule has 0 spiro atoms. The minimum absolute atomic E-state index is 0.00392. The molecule has 1 fully saturated rings. The van der Waals surface area contributed by atoms with Crippen LogP contribution in [-0.4, -0.2) is 81.3 Å². The maximum Gasteiger partial charge on any atom is 0.374 e. The van der Waals surface area contributed by atoms with Crippen LogP contribution in [0.5, 0.6) is 0 Å². The first kappa shape index (κ1) is 29.7. The molecule has 3 rings (SSSR count). The largest absolute Gasteiger partial charge is 0.475 e. The molecule has 0 aromatic heterocycles. The van der Waals surface area contributed by atoms with Crippen LogP contribution in [0, 0.1) is 5.92 Å². The smallest absolute Gasteiger partial charge is 0.374 e. The van der Waals surface area contributed by atoms with Crippen molar-refractivity contribution in [3.05, 3.63) is 71.8 Å². The number of benzene rings is 2. The molecule has 1 saturated heterocycles. The molecule has 39 heavy (non-hydrogen) atoms. The normalized spacial score (nSPS) is 16.3. The SMILES string of the molecule is CC(C)[C@H](NC(=O)N(C)Cc1ccccc1)C(=O)N1CSC[C@H]1C(=O)N[C@@H](Cc1ccccc1)C(=O)C(=O)O. The zero-order valence-corrected chi connectivity index (χ0v) is 23.0. The summed E-state index contributed by atoms with van der Waals surface area (Å²) in [6.45, 7) is 3.97. The Morgan fingerprint density at radius 3 is 2.13 bits per heavy atom. The Morgan fingerprint density at radius 2 is 1.56 bits per heavy atom. The standard InChI is InChI=1S/C28H34N4O6S/c1-18(2)23(30-28(38)31(3)15-20-12-8-5-9-13-20)26(35)32-17-39-16-22(32)25(34)29-21(24(33)27(36)37)14-19-10-6-4-7-11-19/h4-13,18,21-23H,14-17H2,1-3H3,(H,29,34)(H,30,38)(H,36,37)/t21-,22-,23-/m0/s1. The van der Waals surface area contributed by atoms with Gasteiger partial charge in [0, 0.05) is 25.8 Å². The highest BCUT2D eigenvalue weighted by molar-refractivity contribution is 7.99. The van der Waals surface area contributed by atoms with Gasteiger partial charge in [-0.25, -0.2) is 9.59 Å². The van der Waals surface area contributed by atoms with Gasteiger partial charge in [0.15, 0.2) is 0 Å². The van der Waals surface area contributed by atoms with Gasteiger partial charge in [-0.05, 0) is 17.0 Å². The van der Waals surface area contributed by atoms with Crippen molar-refractivity contribution in [2.24, 2.45) is 5.92 Å². The lowest BCUT2D eigenvalue weighted by Gasteiger charge is -2.31. The van der Waals surface area contributed by atoms with Gasteiger partial charge in [0.2, 0.25) is 11.8 Å². The van der Waals surface area contributed by atoms with Gasteiger partial charge in [-0.15, -0.1) is 11.8 Å². The molecular weight excluding hydrogens is 520 g/mol. The van der Waals surface area contributed by atoms with Crippen molar-refractivity contribution in [1.29, 1.82) is 0 Å². The Hall–Kier alpha value is -3.86. The lowest BCUT2D eigenvalue weighted by molar-refractivity contribution is -0.150. The lowest BCUT2D eigenvalue weighted by atomic mass is 10.0. The molecule has 0 unspecified atom stereocenters. The molecule has 208 valence electrons. The summed E-state index contributed by atoms with van der Waals surface area (Å²) in [6.07, 6.45) is 0.00392. The number of carbonyl (C=O) groups is 5. The molecule has 1 heterocycles. The van der Waals surface area contributed by atoms with Gasteiger partial charge in [-0.2, -0.15) is 0 Å². The lowest BCUT2D eigenvalue weighted by Crippen LogP contribution is -2.58. The summed E-state index contributed by atoms with van der Waals surface area (Å²) in [5.74, 6) is -3.56. The number of nitrogens with one attached hydrogen (secondary N) is 2. The van der Waals surface area contributed by atoms with E-state index in [1.54, 1.807) is 51.2 Å². The molecule has 0 radical (unpaired) electrons. The van der Waals surface area contributed by atoms with Gasteiger partial charge in [0.1, 0.15) is 18.1 Å². The number of ketones is 1. The van der Waals surface area contributed by atoms with E-state index in [1.807, 2.05) is 30.3 Å². The molecule has 3 atom stereocenters. The summed E-state index contributed by atoms with van der Waals surface area (Å²) < 4.78 is 0. The van der Waals surface area contributed by atoms with Crippen LogP contribution in [0.15, 0.2) is 60.7 Å². The number of aliphatic carboxylic acids is 1. The Kier molecular flexibility index (Phi) is 10.5. The average molecular weight is 555 g/mol. The van der Waals surface area contributed by atoms with E-state index in [1.165, 1.54) is 21.6 Å². The van der Waals surface area contributed by atoms with Crippen LogP contribution in [-0.2, 0) is 32.1 Å². The number of nitrogens with zero attached hydrogens (tertiary/aromatic N) is 2. The van der Waals surface area contributed by atoms with Crippen LogP contribution in [0.2, 0.25) is 0 Å². The van der Waals surface area contributed by atoms with Crippen LogP contribution >= 0.6 is 11.8 Å². The van der Waals surface area contributed by atoms with E-state index < -0.39 is 47.7 Å². The summed E-state index contributed by atoms with van der Waals surface area (Å²) in [4.78, 5) is 66.4. The number of hydrogen-bond donors (Lipinski definition) is 3. The monoisotopic (exact) mass is 554 g/mol. The van der Waals surface area contributed by atoms with Crippen molar-refractivity contribution < 1.29 is 29.1 Å². The first-order chi connectivity index (χ1) is 18.6. The quantitative estimate of drug-likeness (QED) is 0.362. The molecule has 3 N–H and O–H groups in total. The molecule has 1 aliphatic rings. The van der Waals surface area contributed by atoms with E-state index in [4.69, 9.17) is 0 Å². The number of Topliss-reactive ketones (excluding diaryl/α,β-unsaturated/α-hetero) is 1. The second-order valence-electron chi connectivity index (χ2n) is 9.76. The number of hydrogen-bond acceptors (Lipinski definition) is 6. The van der Waals surface area contributed by atoms with Gasteiger partial charge in [-0.3, -0.25) is 14.4 Å². The van der Waals surface area contributed by atoms with Crippen molar-refractivity contribution in [1.82, 2.24) is 20.4 Å². The fraction of sp³-hybridized carbons (Fsp3) is 0.393. The van der Waals surface area contributed by atoms with Gasteiger partial charge in [-0.1, -0.05) is 74.5 Å². The van der Waals surface area contributed by atoms with Crippen molar-refractivity contribution in [3.63, 3.8) is 0 Å². The summed E-state index contributed by atoms with van der Waals surface area (Å²) in [6, 6.07) is 14.7. The van der Waals surface area contributed by atoms with Crippen LogP contribution < -0.4 is 10.6 Å². The van der Waals surface area contributed by atoms with Crippen molar-refractivity contribution in [2.75, 3.05) is 18.7 Å². The molecule has 11 heteroatoms. The Bertz CT molecular complexity index is 1180. The van der Waals surface area contributed by atoms with Crippen LogP contribution in [0.1, 0.15) is 25.0 Å². The minimum atomic E-state index is -1.65. The van der Waals surface area contributed by atoms with Crippen LogP contribution in [0.3, 0.4) is 0 Å². The maximum absolute atomic E-state index is 13.6. The van der Waals surface area contributed by atoms with Crippen molar-refractivity contribution in [3.8, 4) is 0 Å². The van der Waals surface area contributed by atoms with E-state index in [0.717, 1.165) is 5.56 Å². The van der Waals surface area contributed by atoms with Crippen molar-refractivity contribution >= 4 is 41.4 Å². The third kappa shape index (κ3) is 8.06. The molecule has 0 saturated carbocycles. The minimum Gasteiger partial charge on any atom is -0.475 e. The molecule has 0 bridgehead atoms. The summed E-state index contributed by atoms with van der Waals surface area (Å²) in [5.41, 5.74) is 1.63. The summed E-state index contributed by atoms with van der Waals surface area (Å²) in [5, 5.41) is 14.6. The molecule has 2 aromatic rings. The Labute approximate surface area is 232 Å². The molecular formula is C28H34N4O6S. The fourth-order valence-electron chi connectivity index (χ4n) is 4.22. The number of rotatable bonds is 11. The number of amides is 4. The Morgan fingerprint density at radius 1 is 0.974 bits per heavy atom. The van der Waals surface area contributed by atoms with Crippen LogP contribution in [0.25, 0.3) is 0 Å². The topological polar surface area (TPSA) is 136 Å².